The van der Waals surface area contributed by atoms with Crippen molar-refractivity contribution in [2.45, 2.75) is 19.8 Å². The summed E-state index contributed by atoms with van der Waals surface area (Å²) < 4.78 is 41.3. The molecule has 0 spiro atoms. The van der Waals surface area contributed by atoms with Gasteiger partial charge >= 0.3 is 11.9 Å². The predicted molar refractivity (Wildman–Crippen MR) is 193 cm³/mol. The summed E-state index contributed by atoms with van der Waals surface area (Å²) in [5.41, 5.74) is 7.67. The molecule has 0 fully saturated rings. The van der Waals surface area contributed by atoms with Crippen LogP contribution < -0.4 is 4.90 Å². The quantitative estimate of drug-likeness (QED) is 0.165. The standard InChI is InChI=1S/C43H28F2N2O4/c1-25-6-2-4-8-35(25)46(31-19-13-28(44)14-20-31)30-17-10-26(11-18-30)40-38-39(43(49)50-40)41(51-42(38)48)27-12-23-37-34(24-27)33-7-3-5-9-36(33)47(37)32-21-15-29(45)16-22-32/h2-13,15-19,21-24H,14,20H2,1H3. The third kappa shape index (κ3) is 4.98. The van der Waals surface area contributed by atoms with Crippen LogP contribution in [0.25, 0.3) is 39.0 Å². The van der Waals surface area contributed by atoms with Gasteiger partial charge in [-0.1, -0.05) is 36.4 Å². The van der Waals surface area contributed by atoms with Gasteiger partial charge in [0, 0.05) is 51.1 Å². The Labute approximate surface area is 291 Å². The highest BCUT2D eigenvalue weighted by Gasteiger charge is 2.45. The fourth-order valence-electron chi connectivity index (χ4n) is 7.22. The molecule has 1 aliphatic carbocycles. The number of halogens is 2. The summed E-state index contributed by atoms with van der Waals surface area (Å²) in [7, 11) is 0. The molecule has 0 unspecified atom stereocenters. The predicted octanol–water partition coefficient (Wildman–Crippen LogP) is 10.1. The maximum absolute atomic E-state index is 13.9. The second-order valence-electron chi connectivity index (χ2n) is 12.7. The molecule has 0 saturated heterocycles. The van der Waals surface area contributed by atoms with Crippen LogP contribution in [0.1, 0.15) is 29.5 Å². The Morgan fingerprint density at radius 2 is 1.29 bits per heavy atom. The minimum absolute atomic E-state index is 0.0861. The van der Waals surface area contributed by atoms with Gasteiger partial charge in [0.15, 0.2) is 11.5 Å². The van der Waals surface area contributed by atoms with Crippen molar-refractivity contribution in [2.24, 2.45) is 0 Å². The molecule has 0 N–H and O–H groups in total. The number of allylic oxidation sites excluding steroid dienone is 4. The molecule has 3 heterocycles. The lowest BCUT2D eigenvalue weighted by molar-refractivity contribution is -0.131. The lowest BCUT2D eigenvalue weighted by Gasteiger charge is -2.30. The number of fused-ring (bicyclic) bond motifs is 4. The van der Waals surface area contributed by atoms with E-state index >= 15 is 0 Å². The zero-order chi connectivity index (χ0) is 34.8. The van der Waals surface area contributed by atoms with E-state index in [2.05, 4.69) is 4.90 Å². The van der Waals surface area contributed by atoms with Crippen molar-refractivity contribution in [3.8, 4) is 5.69 Å². The highest BCUT2D eigenvalue weighted by Crippen LogP contribution is 2.45. The average Bonchev–Trinajstić information content (AvgIpc) is 3.80. The van der Waals surface area contributed by atoms with Gasteiger partial charge in [0.05, 0.1) is 11.0 Å². The summed E-state index contributed by atoms with van der Waals surface area (Å²) in [6.45, 7) is 2.03. The van der Waals surface area contributed by atoms with Gasteiger partial charge in [0.1, 0.15) is 22.8 Å². The van der Waals surface area contributed by atoms with Gasteiger partial charge in [-0.2, -0.15) is 0 Å². The lowest BCUT2D eigenvalue weighted by Crippen LogP contribution is -2.18. The van der Waals surface area contributed by atoms with Gasteiger partial charge in [0.25, 0.3) is 0 Å². The van der Waals surface area contributed by atoms with Crippen LogP contribution >= 0.6 is 0 Å². The molecule has 2 aliphatic heterocycles. The Kier molecular flexibility index (Phi) is 7.06. The summed E-state index contributed by atoms with van der Waals surface area (Å²) in [6, 6.07) is 35.2. The second-order valence-corrected chi connectivity index (χ2v) is 12.7. The number of para-hydroxylation sites is 2. The maximum Gasteiger partial charge on any atom is 0.348 e. The third-order valence-corrected chi connectivity index (χ3v) is 9.63. The Morgan fingerprint density at radius 1 is 0.647 bits per heavy atom. The summed E-state index contributed by atoms with van der Waals surface area (Å²) in [5, 5.41) is 1.82. The van der Waals surface area contributed by atoms with E-state index in [0.717, 1.165) is 50.1 Å². The van der Waals surface area contributed by atoms with Crippen molar-refractivity contribution in [3.05, 3.63) is 173 Å². The monoisotopic (exact) mass is 674 g/mol. The lowest BCUT2D eigenvalue weighted by atomic mass is 10.0. The summed E-state index contributed by atoms with van der Waals surface area (Å²) in [4.78, 5) is 29.0. The molecule has 0 bridgehead atoms. The van der Waals surface area contributed by atoms with Crippen molar-refractivity contribution >= 4 is 56.6 Å². The van der Waals surface area contributed by atoms with Crippen LogP contribution in [0, 0.1) is 12.7 Å². The molecule has 0 amide bonds. The Balaban J connectivity index is 1.12. The number of cyclic esters (lactones) is 2. The van der Waals surface area contributed by atoms with Crippen molar-refractivity contribution in [2.75, 3.05) is 4.90 Å². The average molecular weight is 675 g/mol. The second kappa shape index (κ2) is 11.8. The molecule has 3 aliphatic rings. The van der Waals surface area contributed by atoms with Crippen LogP contribution in [0.4, 0.5) is 20.2 Å². The number of nitrogens with zero attached hydrogens (tertiary/aromatic N) is 2. The van der Waals surface area contributed by atoms with Crippen LogP contribution in [0.2, 0.25) is 0 Å². The van der Waals surface area contributed by atoms with Crippen molar-refractivity contribution in [1.82, 2.24) is 4.57 Å². The van der Waals surface area contributed by atoms with Gasteiger partial charge in [-0.15, -0.1) is 0 Å². The highest BCUT2D eigenvalue weighted by atomic mass is 19.1. The minimum Gasteiger partial charge on any atom is -0.421 e. The fourth-order valence-corrected chi connectivity index (χ4v) is 7.22. The molecule has 51 heavy (non-hydrogen) atoms. The first kappa shape index (κ1) is 30.5. The Bertz CT molecular complexity index is 2590. The zero-order valence-corrected chi connectivity index (χ0v) is 27.3. The number of aryl methyl sites for hydroxylation is 1. The molecule has 0 saturated carbocycles. The molecule has 0 atom stereocenters. The highest BCUT2D eigenvalue weighted by molar-refractivity contribution is 6.25. The van der Waals surface area contributed by atoms with Gasteiger partial charge in [0.2, 0.25) is 0 Å². The van der Waals surface area contributed by atoms with Gasteiger partial charge in [-0.25, -0.2) is 18.4 Å². The third-order valence-electron chi connectivity index (χ3n) is 9.63. The van der Waals surface area contributed by atoms with E-state index in [0.29, 0.717) is 24.0 Å². The molecule has 5 aromatic carbocycles. The molecule has 9 rings (SSSR count). The summed E-state index contributed by atoms with van der Waals surface area (Å²) >= 11 is 0. The SMILES string of the molecule is Cc1ccccc1N(C1=CC=C(F)CC1)c1ccc(C2=C3C(=O)OC(c4ccc5c(c4)c4ccccc4n5-c4ccc(F)cc4)=C3C(=O)O2)cc1. The first-order chi connectivity index (χ1) is 24.9. The number of ether oxygens (including phenoxy) is 2. The molecule has 248 valence electrons. The molecule has 0 radical (unpaired) electrons. The molecule has 8 heteroatoms. The van der Waals surface area contributed by atoms with Gasteiger partial charge in [-0.05, 0) is 110 Å². The van der Waals surface area contributed by atoms with Gasteiger partial charge in [-0.3, -0.25) is 0 Å². The smallest absolute Gasteiger partial charge is 0.348 e. The number of anilines is 2. The number of hydrogen-bond acceptors (Lipinski definition) is 5. The first-order valence-electron chi connectivity index (χ1n) is 16.6. The van der Waals surface area contributed by atoms with E-state index in [9.17, 15) is 18.4 Å². The number of esters is 2. The van der Waals surface area contributed by atoms with Crippen LogP contribution in [0.5, 0.6) is 0 Å². The largest absolute Gasteiger partial charge is 0.421 e. The molecular weight excluding hydrogens is 646 g/mol. The number of benzene rings is 5. The molecule has 6 aromatic rings. The minimum atomic E-state index is -0.665. The molecular formula is C43H28F2N2O4. The van der Waals surface area contributed by atoms with E-state index in [4.69, 9.17) is 9.47 Å². The Hall–Kier alpha value is -6.54. The first-order valence-corrected chi connectivity index (χ1v) is 16.6. The number of hydrogen-bond donors (Lipinski definition) is 0. The fraction of sp³-hybridized carbons (Fsp3) is 0.0698. The molecule has 1 aromatic heterocycles. The maximum atomic E-state index is 13.9. The normalized spacial score (nSPS) is 15.7. The summed E-state index contributed by atoms with van der Waals surface area (Å²) in [6.07, 6.45) is 4.16. The number of carbonyl (C=O) groups excluding carboxylic acids is 2. The molecule has 6 nitrogen and oxygen atoms in total. The van der Waals surface area contributed by atoms with Crippen LogP contribution in [0.3, 0.4) is 0 Å². The van der Waals surface area contributed by atoms with E-state index in [1.165, 1.54) is 18.2 Å². The van der Waals surface area contributed by atoms with Crippen molar-refractivity contribution in [3.63, 3.8) is 0 Å². The zero-order valence-electron chi connectivity index (χ0n) is 27.3. The van der Waals surface area contributed by atoms with Crippen LogP contribution in [-0.4, -0.2) is 16.5 Å². The van der Waals surface area contributed by atoms with E-state index in [1.807, 2.05) is 84.3 Å². The van der Waals surface area contributed by atoms with Gasteiger partial charge < -0.3 is 18.9 Å². The van der Waals surface area contributed by atoms with E-state index in [-0.39, 0.29) is 34.3 Å². The summed E-state index contributed by atoms with van der Waals surface area (Å²) in [5.74, 6) is -1.53. The number of aromatic nitrogens is 1. The van der Waals surface area contributed by atoms with E-state index < -0.39 is 11.9 Å². The van der Waals surface area contributed by atoms with Crippen molar-refractivity contribution in [1.29, 1.82) is 0 Å². The number of carbonyl (C=O) groups is 2. The van der Waals surface area contributed by atoms with Crippen LogP contribution in [0.15, 0.2) is 150 Å². The topological polar surface area (TPSA) is 60.8 Å². The number of rotatable bonds is 6. The van der Waals surface area contributed by atoms with E-state index in [1.54, 1.807) is 36.4 Å². The van der Waals surface area contributed by atoms with Crippen molar-refractivity contribution < 1.29 is 27.8 Å². The van der Waals surface area contributed by atoms with Crippen LogP contribution in [-0.2, 0) is 19.1 Å². The Morgan fingerprint density at radius 3 is 2.00 bits per heavy atom.